The molecule has 98 valence electrons. The van der Waals surface area contributed by atoms with Gasteiger partial charge in [0, 0.05) is 10.9 Å². The lowest BCUT2D eigenvalue weighted by atomic mass is 10.1. The van der Waals surface area contributed by atoms with E-state index in [-0.39, 0.29) is 5.69 Å². The second-order valence-corrected chi connectivity index (χ2v) is 5.83. The van der Waals surface area contributed by atoms with E-state index in [2.05, 4.69) is 15.9 Å². The van der Waals surface area contributed by atoms with Gasteiger partial charge in [-0.05, 0) is 43.2 Å². The molecular weight excluding hydrogens is 298 g/mol. The maximum Gasteiger partial charge on any atom is 0.311 e. The van der Waals surface area contributed by atoms with Crippen LogP contribution in [0.4, 0.5) is 5.69 Å². The van der Waals surface area contributed by atoms with Crippen molar-refractivity contribution in [3.05, 3.63) is 33.9 Å². The van der Waals surface area contributed by atoms with E-state index in [9.17, 15) is 10.1 Å². The number of nitro benzene ring substituents is 1. The molecular formula is C13H16BrNO3. The van der Waals surface area contributed by atoms with Crippen molar-refractivity contribution in [3.8, 4) is 5.75 Å². The SMILES string of the molecule is COc1ccc(CCC(Br)C2CC2)cc1[N+](=O)[O-]. The van der Waals surface area contributed by atoms with Crippen molar-refractivity contribution in [2.45, 2.75) is 30.5 Å². The highest BCUT2D eigenvalue weighted by molar-refractivity contribution is 9.09. The molecule has 4 nitrogen and oxygen atoms in total. The van der Waals surface area contributed by atoms with Crippen LogP contribution in [0, 0.1) is 16.0 Å². The van der Waals surface area contributed by atoms with Crippen molar-refractivity contribution >= 4 is 21.6 Å². The number of methoxy groups -OCH3 is 1. The molecule has 1 saturated carbocycles. The summed E-state index contributed by atoms with van der Waals surface area (Å²) in [5, 5.41) is 10.9. The van der Waals surface area contributed by atoms with E-state index in [0.29, 0.717) is 10.6 Å². The van der Waals surface area contributed by atoms with Gasteiger partial charge in [0.05, 0.1) is 12.0 Å². The summed E-state index contributed by atoms with van der Waals surface area (Å²) in [7, 11) is 1.45. The summed E-state index contributed by atoms with van der Waals surface area (Å²) in [6.07, 6.45) is 4.49. The third kappa shape index (κ3) is 3.22. The molecule has 0 amide bonds. The van der Waals surface area contributed by atoms with E-state index in [1.165, 1.54) is 20.0 Å². The minimum atomic E-state index is -0.394. The van der Waals surface area contributed by atoms with Gasteiger partial charge in [0.1, 0.15) is 0 Å². The molecule has 2 rings (SSSR count). The average molecular weight is 314 g/mol. The first-order valence-electron chi connectivity index (χ1n) is 6.07. The smallest absolute Gasteiger partial charge is 0.311 e. The molecule has 18 heavy (non-hydrogen) atoms. The molecule has 0 radical (unpaired) electrons. The molecule has 0 spiro atoms. The molecule has 1 aromatic carbocycles. The first-order chi connectivity index (χ1) is 8.61. The Kier molecular flexibility index (Phi) is 4.22. The van der Waals surface area contributed by atoms with Crippen LogP contribution in [0.3, 0.4) is 0 Å². The topological polar surface area (TPSA) is 52.4 Å². The number of nitrogens with zero attached hydrogens (tertiary/aromatic N) is 1. The zero-order valence-electron chi connectivity index (χ0n) is 10.3. The van der Waals surface area contributed by atoms with E-state index >= 15 is 0 Å². The fourth-order valence-corrected chi connectivity index (χ4v) is 2.79. The van der Waals surface area contributed by atoms with E-state index in [0.717, 1.165) is 24.3 Å². The molecule has 5 heteroatoms. The summed E-state index contributed by atoms with van der Waals surface area (Å²) in [4.78, 5) is 11.1. The molecule has 0 aliphatic heterocycles. The molecule has 1 unspecified atom stereocenters. The number of halogens is 1. The molecule has 0 saturated heterocycles. The average Bonchev–Trinajstić information content (AvgIpc) is 3.19. The van der Waals surface area contributed by atoms with Crippen LogP contribution in [0.1, 0.15) is 24.8 Å². The molecule has 0 aromatic heterocycles. The largest absolute Gasteiger partial charge is 0.490 e. The summed E-state index contributed by atoms with van der Waals surface area (Å²) < 4.78 is 4.98. The molecule has 0 N–H and O–H groups in total. The predicted octanol–water partition coefficient (Wildman–Crippen LogP) is 3.71. The van der Waals surface area contributed by atoms with Gasteiger partial charge in [-0.2, -0.15) is 0 Å². The van der Waals surface area contributed by atoms with Crippen LogP contribution in [0.25, 0.3) is 0 Å². The second-order valence-electron chi connectivity index (χ2n) is 4.66. The normalized spacial score (nSPS) is 16.3. The maximum atomic E-state index is 10.9. The Balaban J connectivity index is 2.03. The van der Waals surface area contributed by atoms with Crippen molar-refractivity contribution in [1.29, 1.82) is 0 Å². The van der Waals surface area contributed by atoms with Crippen LogP contribution in [0.5, 0.6) is 5.75 Å². The zero-order chi connectivity index (χ0) is 13.1. The van der Waals surface area contributed by atoms with Crippen molar-refractivity contribution in [2.75, 3.05) is 7.11 Å². The van der Waals surface area contributed by atoms with Gasteiger partial charge in [-0.3, -0.25) is 10.1 Å². The number of aryl methyl sites for hydroxylation is 1. The van der Waals surface area contributed by atoms with Gasteiger partial charge < -0.3 is 4.74 Å². The molecule has 1 aromatic rings. The Bertz CT molecular complexity index is 446. The Morgan fingerprint density at radius 3 is 2.83 bits per heavy atom. The number of ether oxygens (including phenoxy) is 1. The first-order valence-corrected chi connectivity index (χ1v) is 6.98. The number of rotatable bonds is 6. The van der Waals surface area contributed by atoms with Crippen molar-refractivity contribution < 1.29 is 9.66 Å². The molecule has 0 bridgehead atoms. The van der Waals surface area contributed by atoms with Crippen molar-refractivity contribution in [3.63, 3.8) is 0 Å². The summed E-state index contributed by atoms with van der Waals surface area (Å²) in [6.45, 7) is 0. The maximum absolute atomic E-state index is 10.9. The number of nitro groups is 1. The Morgan fingerprint density at radius 1 is 1.56 bits per heavy atom. The summed E-state index contributed by atoms with van der Waals surface area (Å²) in [6, 6.07) is 5.19. The van der Waals surface area contributed by atoms with E-state index < -0.39 is 4.92 Å². The van der Waals surface area contributed by atoms with Gasteiger partial charge in [-0.15, -0.1) is 0 Å². The van der Waals surface area contributed by atoms with Gasteiger partial charge in [-0.25, -0.2) is 0 Å². The Morgan fingerprint density at radius 2 is 2.28 bits per heavy atom. The summed E-state index contributed by atoms with van der Waals surface area (Å²) in [5.41, 5.74) is 1.04. The summed E-state index contributed by atoms with van der Waals surface area (Å²) >= 11 is 3.68. The highest BCUT2D eigenvalue weighted by atomic mass is 79.9. The van der Waals surface area contributed by atoms with E-state index in [4.69, 9.17) is 4.74 Å². The lowest BCUT2D eigenvalue weighted by Gasteiger charge is -2.08. The quantitative estimate of drug-likeness (QED) is 0.457. The molecule has 1 aliphatic carbocycles. The van der Waals surface area contributed by atoms with Crippen molar-refractivity contribution in [2.24, 2.45) is 5.92 Å². The monoisotopic (exact) mass is 313 g/mol. The van der Waals surface area contributed by atoms with Crippen LogP contribution in [-0.2, 0) is 6.42 Å². The van der Waals surface area contributed by atoms with Gasteiger partial charge in [0.25, 0.3) is 0 Å². The van der Waals surface area contributed by atoms with Crippen LogP contribution >= 0.6 is 15.9 Å². The number of alkyl halides is 1. The highest BCUT2D eigenvalue weighted by Gasteiger charge is 2.28. The van der Waals surface area contributed by atoms with Crippen molar-refractivity contribution in [1.82, 2.24) is 0 Å². The zero-order valence-corrected chi connectivity index (χ0v) is 11.9. The lowest BCUT2D eigenvalue weighted by molar-refractivity contribution is -0.385. The third-order valence-electron chi connectivity index (χ3n) is 3.28. The highest BCUT2D eigenvalue weighted by Crippen LogP contribution is 2.39. The molecule has 0 heterocycles. The number of hydrogen-bond donors (Lipinski definition) is 0. The Hall–Kier alpha value is -1.10. The van der Waals surface area contributed by atoms with Gasteiger partial charge in [0.15, 0.2) is 5.75 Å². The molecule has 1 fully saturated rings. The van der Waals surface area contributed by atoms with E-state index in [1.807, 2.05) is 6.07 Å². The van der Waals surface area contributed by atoms with Crippen LogP contribution in [-0.4, -0.2) is 16.9 Å². The minimum Gasteiger partial charge on any atom is -0.490 e. The summed E-state index contributed by atoms with van der Waals surface area (Å²) in [5.74, 6) is 1.12. The van der Waals surface area contributed by atoms with Gasteiger partial charge >= 0.3 is 5.69 Å². The fourth-order valence-electron chi connectivity index (χ4n) is 2.03. The predicted molar refractivity (Wildman–Crippen MR) is 73.4 cm³/mol. The van der Waals surface area contributed by atoms with Gasteiger partial charge in [0.2, 0.25) is 0 Å². The first kappa shape index (κ1) is 13.3. The third-order valence-corrected chi connectivity index (χ3v) is 4.49. The van der Waals surface area contributed by atoms with Crippen LogP contribution in [0.15, 0.2) is 18.2 Å². The van der Waals surface area contributed by atoms with Crippen LogP contribution < -0.4 is 4.74 Å². The molecule has 1 aliphatic rings. The number of hydrogen-bond acceptors (Lipinski definition) is 3. The minimum absolute atomic E-state index is 0.0487. The fraction of sp³-hybridized carbons (Fsp3) is 0.538. The second kappa shape index (κ2) is 5.69. The standard InChI is InChI=1S/C13H16BrNO3/c1-18-13-7-3-9(8-12(13)15(16)17)2-6-11(14)10-4-5-10/h3,7-8,10-11H,2,4-6H2,1H3. The Labute approximate surface area is 115 Å². The number of benzene rings is 1. The molecule has 1 atom stereocenters. The lowest BCUT2D eigenvalue weighted by Crippen LogP contribution is -2.03. The van der Waals surface area contributed by atoms with Gasteiger partial charge in [-0.1, -0.05) is 22.0 Å². The van der Waals surface area contributed by atoms with Crippen LogP contribution in [0.2, 0.25) is 0 Å². The van der Waals surface area contributed by atoms with E-state index in [1.54, 1.807) is 12.1 Å².